The van der Waals surface area contributed by atoms with E-state index in [1.165, 1.54) is 6.26 Å². The molecule has 5 nitrogen and oxygen atoms in total. The van der Waals surface area contributed by atoms with Gasteiger partial charge in [0.05, 0.1) is 46.2 Å². The van der Waals surface area contributed by atoms with Gasteiger partial charge in [-0.25, -0.2) is 0 Å². The average molecular weight is 246 g/mol. The smallest absolute Gasteiger partial charge is 0.125 e. The lowest BCUT2D eigenvalue weighted by Gasteiger charge is -2.06. The van der Waals surface area contributed by atoms with Gasteiger partial charge in [0.1, 0.15) is 12.9 Å². The second kappa shape index (κ2) is 15.2. The van der Waals surface area contributed by atoms with Crippen molar-refractivity contribution in [3.63, 3.8) is 0 Å². The van der Waals surface area contributed by atoms with E-state index in [-0.39, 0.29) is 0 Å². The highest BCUT2D eigenvalue weighted by molar-refractivity contribution is 4.63. The third-order valence-corrected chi connectivity index (χ3v) is 1.69. The van der Waals surface area contributed by atoms with Crippen LogP contribution in [0.3, 0.4) is 0 Å². The third-order valence-electron chi connectivity index (χ3n) is 1.69. The van der Waals surface area contributed by atoms with Gasteiger partial charge in [0.25, 0.3) is 0 Å². The SMILES string of the molecule is C=C=COCCOCCOCCOCCOC. The molecule has 0 unspecified atom stereocenters. The third kappa shape index (κ3) is 15.2. The highest BCUT2D eigenvalue weighted by atomic mass is 16.6. The zero-order valence-corrected chi connectivity index (χ0v) is 10.5. The summed E-state index contributed by atoms with van der Waals surface area (Å²) in [5.74, 6) is 0. The van der Waals surface area contributed by atoms with E-state index < -0.39 is 0 Å². The van der Waals surface area contributed by atoms with Gasteiger partial charge in [-0.15, -0.1) is 0 Å². The minimum absolute atomic E-state index is 0.503. The molecule has 0 N–H and O–H groups in total. The van der Waals surface area contributed by atoms with E-state index in [2.05, 4.69) is 12.3 Å². The van der Waals surface area contributed by atoms with Gasteiger partial charge in [-0.3, -0.25) is 0 Å². The molecule has 0 amide bonds. The van der Waals surface area contributed by atoms with Crippen molar-refractivity contribution in [1.29, 1.82) is 0 Å². The molecule has 0 saturated carbocycles. The molecule has 0 aliphatic rings. The first-order valence-electron chi connectivity index (χ1n) is 5.60. The van der Waals surface area contributed by atoms with Crippen LogP contribution in [0.5, 0.6) is 0 Å². The largest absolute Gasteiger partial charge is 0.491 e. The van der Waals surface area contributed by atoms with Crippen LogP contribution in [-0.2, 0) is 23.7 Å². The fraction of sp³-hybridized carbons (Fsp3) is 0.750. The van der Waals surface area contributed by atoms with E-state index in [9.17, 15) is 0 Å². The molecule has 0 rings (SSSR count). The monoisotopic (exact) mass is 246 g/mol. The first kappa shape index (κ1) is 16.2. The second-order valence-electron chi connectivity index (χ2n) is 3.02. The Balaban J connectivity index is 2.91. The molecule has 5 heteroatoms. The van der Waals surface area contributed by atoms with E-state index in [1.807, 2.05) is 0 Å². The Morgan fingerprint density at radius 1 is 0.824 bits per heavy atom. The van der Waals surface area contributed by atoms with Crippen molar-refractivity contribution in [2.45, 2.75) is 0 Å². The maximum absolute atomic E-state index is 5.28. The normalized spacial score (nSPS) is 9.94. The summed E-state index contributed by atoms with van der Waals surface area (Å²) in [6.07, 6.45) is 1.41. The lowest BCUT2D eigenvalue weighted by molar-refractivity contribution is -0.00176. The Morgan fingerprint density at radius 3 is 1.76 bits per heavy atom. The van der Waals surface area contributed by atoms with Crippen LogP contribution in [0.2, 0.25) is 0 Å². The molecule has 0 aromatic rings. The Kier molecular flexibility index (Phi) is 14.4. The van der Waals surface area contributed by atoms with E-state index in [4.69, 9.17) is 23.7 Å². The van der Waals surface area contributed by atoms with Crippen molar-refractivity contribution >= 4 is 0 Å². The summed E-state index contributed by atoms with van der Waals surface area (Å²) in [7, 11) is 1.64. The number of ether oxygens (including phenoxy) is 5. The quantitative estimate of drug-likeness (QED) is 0.275. The highest BCUT2D eigenvalue weighted by Gasteiger charge is 1.91. The van der Waals surface area contributed by atoms with Crippen LogP contribution < -0.4 is 0 Å². The van der Waals surface area contributed by atoms with Crippen molar-refractivity contribution in [2.24, 2.45) is 0 Å². The number of rotatable bonds is 13. The fourth-order valence-corrected chi connectivity index (χ4v) is 0.909. The standard InChI is InChI=1S/C12H22O5/c1-3-4-14-7-8-16-11-12-17-10-9-15-6-5-13-2/h4H,1,5-12H2,2H3. The van der Waals surface area contributed by atoms with Crippen molar-refractivity contribution in [1.82, 2.24) is 0 Å². The number of methoxy groups -OCH3 is 1. The Morgan fingerprint density at radius 2 is 1.29 bits per heavy atom. The van der Waals surface area contributed by atoms with Gasteiger partial charge >= 0.3 is 0 Å². The zero-order valence-electron chi connectivity index (χ0n) is 10.5. The van der Waals surface area contributed by atoms with Crippen LogP contribution in [0.4, 0.5) is 0 Å². The minimum atomic E-state index is 0.503. The average Bonchev–Trinajstić information content (AvgIpc) is 2.35. The molecule has 0 bridgehead atoms. The van der Waals surface area contributed by atoms with E-state index in [0.717, 1.165) is 0 Å². The maximum atomic E-state index is 5.28. The Bertz CT molecular complexity index is 189. The summed E-state index contributed by atoms with van der Waals surface area (Å²) in [4.78, 5) is 0. The fourth-order valence-electron chi connectivity index (χ4n) is 0.909. The first-order chi connectivity index (χ1) is 8.41. The van der Waals surface area contributed by atoms with Gasteiger partial charge in [0.2, 0.25) is 0 Å². The summed E-state index contributed by atoms with van der Waals surface area (Å²) >= 11 is 0. The molecular formula is C12H22O5. The molecule has 0 aromatic carbocycles. The predicted octanol–water partition coefficient (Wildman–Crippen LogP) is 0.998. The van der Waals surface area contributed by atoms with Crippen LogP contribution in [-0.4, -0.2) is 60.0 Å². The summed E-state index contributed by atoms with van der Waals surface area (Å²) in [5.41, 5.74) is 2.51. The molecule has 0 heterocycles. The molecule has 0 radical (unpaired) electrons. The number of hydrogen-bond acceptors (Lipinski definition) is 5. The zero-order chi connectivity index (χ0) is 12.6. The second-order valence-corrected chi connectivity index (χ2v) is 3.02. The van der Waals surface area contributed by atoms with Crippen LogP contribution in [0.15, 0.2) is 18.6 Å². The summed E-state index contributed by atoms with van der Waals surface area (Å²) in [6, 6.07) is 0. The van der Waals surface area contributed by atoms with Gasteiger partial charge in [-0.1, -0.05) is 12.3 Å². The van der Waals surface area contributed by atoms with Gasteiger partial charge in [0.15, 0.2) is 0 Å². The lowest BCUT2D eigenvalue weighted by Crippen LogP contribution is -2.12. The van der Waals surface area contributed by atoms with Gasteiger partial charge in [-0.05, 0) is 0 Å². The summed E-state index contributed by atoms with van der Waals surface area (Å²) in [5, 5.41) is 0. The molecule has 0 saturated heterocycles. The Hall–Kier alpha value is -0.840. The van der Waals surface area contributed by atoms with Crippen LogP contribution in [0.25, 0.3) is 0 Å². The van der Waals surface area contributed by atoms with Crippen LogP contribution in [0.1, 0.15) is 0 Å². The summed E-state index contributed by atoms with van der Waals surface area (Å²) in [6.45, 7) is 7.89. The molecule has 0 aliphatic heterocycles. The van der Waals surface area contributed by atoms with E-state index >= 15 is 0 Å². The summed E-state index contributed by atoms with van der Waals surface area (Å²) < 4.78 is 25.5. The first-order valence-corrected chi connectivity index (χ1v) is 5.60. The molecule has 0 atom stereocenters. The maximum Gasteiger partial charge on any atom is 0.125 e. The van der Waals surface area contributed by atoms with Crippen LogP contribution >= 0.6 is 0 Å². The molecule has 0 aromatic heterocycles. The predicted molar refractivity (Wildman–Crippen MR) is 64.0 cm³/mol. The van der Waals surface area contributed by atoms with Gasteiger partial charge < -0.3 is 23.7 Å². The molecule has 0 aliphatic carbocycles. The highest BCUT2D eigenvalue weighted by Crippen LogP contribution is 1.83. The molecule has 100 valence electrons. The topological polar surface area (TPSA) is 46.2 Å². The van der Waals surface area contributed by atoms with Crippen molar-refractivity contribution in [2.75, 3.05) is 60.0 Å². The van der Waals surface area contributed by atoms with Gasteiger partial charge in [-0.2, -0.15) is 0 Å². The van der Waals surface area contributed by atoms with Crippen molar-refractivity contribution in [3.05, 3.63) is 18.6 Å². The number of hydrogen-bond donors (Lipinski definition) is 0. The molecular weight excluding hydrogens is 224 g/mol. The Labute approximate surface area is 103 Å². The van der Waals surface area contributed by atoms with E-state index in [0.29, 0.717) is 52.9 Å². The lowest BCUT2D eigenvalue weighted by atomic mass is 10.7. The molecule has 0 fully saturated rings. The van der Waals surface area contributed by atoms with Crippen molar-refractivity contribution in [3.8, 4) is 0 Å². The van der Waals surface area contributed by atoms with Gasteiger partial charge in [0, 0.05) is 7.11 Å². The molecule has 17 heavy (non-hydrogen) atoms. The van der Waals surface area contributed by atoms with Crippen LogP contribution in [0, 0.1) is 0 Å². The van der Waals surface area contributed by atoms with Crippen molar-refractivity contribution < 1.29 is 23.7 Å². The van der Waals surface area contributed by atoms with E-state index in [1.54, 1.807) is 7.11 Å². The molecule has 0 spiro atoms. The minimum Gasteiger partial charge on any atom is -0.491 e.